The van der Waals surface area contributed by atoms with Gasteiger partial charge in [-0.1, -0.05) is 54.6 Å². The number of ether oxygens (including phenoxy) is 4. The summed E-state index contributed by atoms with van der Waals surface area (Å²) in [6, 6.07) is 31.4. The minimum absolute atomic E-state index is 0.191. The van der Waals surface area contributed by atoms with Gasteiger partial charge in [-0.2, -0.15) is 0 Å². The zero-order chi connectivity index (χ0) is 38.2. The molecule has 6 aromatic rings. The lowest BCUT2D eigenvalue weighted by Gasteiger charge is -2.34. The molecule has 0 saturated carbocycles. The van der Waals surface area contributed by atoms with Crippen molar-refractivity contribution >= 4 is 31.2 Å². The van der Waals surface area contributed by atoms with E-state index in [1.54, 1.807) is 32.7 Å². The molecular formula is C42H44N6O6Si. The summed E-state index contributed by atoms with van der Waals surface area (Å²) in [5, 5.41) is 6.58. The number of aromatic nitrogens is 4. The molecule has 2 aliphatic heterocycles. The number of carbonyl (C=O) groups is 1. The fourth-order valence-electron chi connectivity index (χ4n) is 7.39. The molecule has 4 atom stereocenters. The minimum atomic E-state index is -2.04. The maximum Gasteiger partial charge on any atom is 0.256 e. The zero-order valence-electron chi connectivity index (χ0n) is 31.5. The molecule has 55 heavy (non-hydrogen) atoms. The number of hydrogen-bond donors (Lipinski definition) is 2. The number of imidazole rings is 1. The second-order valence-electron chi connectivity index (χ2n) is 14.8. The Morgan fingerprint density at radius 2 is 1.58 bits per heavy atom. The van der Waals surface area contributed by atoms with E-state index in [0.29, 0.717) is 42.3 Å². The van der Waals surface area contributed by atoms with Crippen molar-refractivity contribution in [3.05, 3.63) is 121 Å². The average molecular weight is 757 g/mol. The standard InChI is InChI=1S/C42H44N6O6Si/c1-50-32-17-13-27(14-18-32)30-11-12-31(34(21-30)28-15-19-33(51-2)20-16-28)22-52-24-42-23-43-35(37(42)54-55(3,4)5)41(53-42)48-26-46-36-38(44-25-45-39(36)48)47-40(49)29-9-7-6-8-10-29/h6-21,25-26,35,37,41,43H,22-24H2,1-5H3,(H,44,45,47,49)/t35-,37+,41-,42-/m1/s1. The van der Waals surface area contributed by atoms with Gasteiger partial charge in [-0.15, -0.1) is 0 Å². The first-order valence-electron chi connectivity index (χ1n) is 18.3. The molecule has 0 aliphatic carbocycles. The van der Waals surface area contributed by atoms with E-state index >= 15 is 0 Å². The summed E-state index contributed by atoms with van der Waals surface area (Å²) < 4.78 is 33.2. The molecule has 1 amide bonds. The molecular weight excluding hydrogens is 713 g/mol. The van der Waals surface area contributed by atoms with Crippen molar-refractivity contribution in [3.8, 4) is 33.8 Å². The van der Waals surface area contributed by atoms with Gasteiger partial charge in [0.05, 0.1) is 45.9 Å². The quantitative estimate of drug-likeness (QED) is 0.118. The summed E-state index contributed by atoms with van der Waals surface area (Å²) in [5.41, 5.74) is 6.10. The number of nitrogens with one attached hydrogen (secondary N) is 2. The van der Waals surface area contributed by atoms with Crippen LogP contribution in [0.4, 0.5) is 5.82 Å². The summed E-state index contributed by atoms with van der Waals surface area (Å²) in [6.45, 7) is 7.76. The van der Waals surface area contributed by atoms with Crippen LogP contribution in [0.3, 0.4) is 0 Å². The fourth-order valence-corrected chi connectivity index (χ4v) is 8.52. The van der Waals surface area contributed by atoms with Gasteiger partial charge in [0.25, 0.3) is 5.91 Å². The minimum Gasteiger partial charge on any atom is -0.497 e. The number of carbonyl (C=O) groups excluding carboxylic acids is 1. The highest BCUT2D eigenvalue weighted by Crippen LogP contribution is 2.46. The van der Waals surface area contributed by atoms with E-state index in [1.807, 2.05) is 47.0 Å². The number of morpholine rings is 1. The molecule has 4 heterocycles. The highest BCUT2D eigenvalue weighted by Gasteiger charge is 2.62. The number of methoxy groups -OCH3 is 2. The molecule has 2 bridgehead atoms. The number of benzene rings is 4. The molecule has 282 valence electrons. The first kappa shape index (κ1) is 36.5. The molecule has 13 heteroatoms. The van der Waals surface area contributed by atoms with Crippen LogP contribution in [0.1, 0.15) is 22.1 Å². The van der Waals surface area contributed by atoms with E-state index in [1.165, 1.54) is 6.33 Å². The molecule has 0 spiro atoms. The van der Waals surface area contributed by atoms with Crippen molar-refractivity contribution in [3.63, 3.8) is 0 Å². The van der Waals surface area contributed by atoms with Crippen LogP contribution < -0.4 is 20.1 Å². The third-order valence-corrected chi connectivity index (χ3v) is 11.0. The van der Waals surface area contributed by atoms with Gasteiger partial charge in [-0.25, -0.2) is 15.0 Å². The highest BCUT2D eigenvalue weighted by atomic mass is 28.4. The Kier molecular flexibility index (Phi) is 9.96. The van der Waals surface area contributed by atoms with Crippen molar-refractivity contribution in [2.45, 2.75) is 50.2 Å². The second kappa shape index (κ2) is 15.0. The third kappa shape index (κ3) is 7.36. The summed E-state index contributed by atoms with van der Waals surface area (Å²) >= 11 is 0. The van der Waals surface area contributed by atoms with E-state index < -0.39 is 20.1 Å². The SMILES string of the molecule is COc1ccc(-c2ccc(COC[C@@]34CN[C@@H]([C@H](n5cnc6c(NC(=O)c7ccccc7)ncnc65)O3)[C@@H]4O[Si](C)(C)C)c(-c3ccc(OC)cc3)c2)cc1. The van der Waals surface area contributed by atoms with Crippen molar-refractivity contribution in [2.24, 2.45) is 0 Å². The van der Waals surface area contributed by atoms with Crippen molar-refractivity contribution in [2.75, 3.05) is 32.7 Å². The zero-order valence-corrected chi connectivity index (χ0v) is 32.5. The smallest absolute Gasteiger partial charge is 0.256 e. The van der Waals surface area contributed by atoms with Crippen molar-refractivity contribution in [1.82, 2.24) is 24.8 Å². The number of anilines is 1. The molecule has 12 nitrogen and oxygen atoms in total. The Morgan fingerprint density at radius 1 is 0.891 bits per heavy atom. The molecule has 2 fully saturated rings. The predicted molar refractivity (Wildman–Crippen MR) is 213 cm³/mol. The van der Waals surface area contributed by atoms with Crippen LogP contribution in [0.25, 0.3) is 33.4 Å². The van der Waals surface area contributed by atoms with Crippen LogP contribution >= 0.6 is 0 Å². The second-order valence-corrected chi connectivity index (χ2v) is 19.3. The summed E-state index contributed by atoms with van der Waals surface area (Å²) in [4.78, 5) is 26.6. The lowest BCUT2D eigenvalue weighted by atomic mass is 9.94. The van der Waals surface area contributed by atoms with Crippen LogP contribution in [0.15, 0.2) is 110 Å². The topological polar surface area (TPSA) is 131 Å². The summed E-state index contributed by atoms with van der Waals surface area (Å²) in [6.07, 6.45) is 2.35. The normalized spacial score (nSPS) is 20.5. The van der Waals surface area contributed by atoms with Crippen molar-refractivity contribution < 1.29 is 28.2 Å². The Hall–Kier alpha value is -5.44. The maximum absolute atomic E-state index is 13.0. The first-order valence-corrected chi connectivity index (χ1v) is 21.7. The van der Waals surface area contributed by atoms with E-state index in [9.17, 15) is 4.79 Å². The van der Waals surface area contributed by atoms with Gasteiger partial charge in [0.1, 0.15) is 23.4 Å². The molecule has 0 unspecified atom stereocenters. The number of amides is 1. The molecule has 8 rings (SSSR count). The van der Waals surface area contributed by atoms with E-state index in [-0.39, 0.29) is 18.1 Å². The number of nitrogens with zero attached hydrogens (tertiary/aromatic N) is 4. The first-order chi connectivity index (χ1) is 26.6. The molecule has 2 N–H and O–H groups in total. The van der Waals surface area contributed by atoms with Gasteiger partial charge in [-0.05, 0) is 89.9 Å². The molecule has 2 saturated heterocycles. The molecule has 2 aliphatic rings. The van der Waals surface area contributed by atoms with Crippen LogP contribution in [0.2, 0.25) is 19.6 Å². The third-order valence-electron chi connectivity index (χ3n) is 10.1. The van der Waals surface area contributed by atoms with Crippen LogP contribution in [0, 0.1) is 0 Å². The monoisotopic (exact) mass is 756 g/mol. The predicted octanol–water partition coefficient (Wildman–Crippen LogP) is 7.11. The van der Waals surface area contributed by atoms with Gasteiger partial charge in [-0.3, -0.25) is 9.36 Å². The van der Waals surface area contributed by atoms with E-state index in [4.69, 9.17) is 23.4 Å². The number of hydrogen-bond acceptors (Lipinski definition) is 10. The lowest BCUT2D eigenvalue weighted by molar-refractivity contribution is -0.142. The van der Waals surface area contributed by atoms with Gasteiger partial charge in [0.15, 0.2) is 31.5 Å². The van der Waals surface area contributed by atoms with Gasteiger partial charge in [0.2, 0.25) is 0 Å². The van der Waals surface area contributed by atoms with Gasteiger partial charge >= 0.3 is 0 Å². The Labute approximate surface area is 320 Å². The lowest BCUT2D eigenvalue weighted by Crippen LogP contribution is -2.50. The van der Waals surface area contributed by atoms with Gasteiger partial charge in [0, 0.05) is 12.1 Å². The molecule has 2 aromatic heterocycles. The van der Waals surface area contributed by atoms with E-state index in [0.717, 1.165) is 39.3 Å². The average Bonchev–Trinajstić information content (AvgIpc) is 3.87. The number of rotatable bonds is 13. The van der Waals surface area contributed by atoms with Crippen molar-refractivity contribution in [1.29, 1.82) is 0 Å². The molecule has 0 radical (unpaired) electrons. The summed E-state index contributed by atoms with van der Waals surface area (Å²) in [5.74, 6) is 1.65. The van der Waals surface area contributed by atoms with E-state index in [2.05, 4.69) is 87.7 Å². The van der Waals surface area contributed by atoms with Crippen LogP contribution in [-0.4, -0.2) is 78.9 Å². The molecule has 4 aromatic carbocycles. The largest absolute Gasteiger partial charge is 0.497 e. The summed E-state index contributed by atoms with van der Waals surface area (Å²) in [7, 11) is 1.30. The Bertz CT molecular complexity index is 2300. The van der Waals surface area contributed by atoms with Crippen LogP contribution in [-0.2, 0) is 20.5 Å². The number of fused-ring (bicyclic) bond motifs is 3. The Balaban J connectivity index is 1.06. The Morgan fingerprint density at radius 3 is 2.27 bits per heavy atom. The van der Waals surface area contributed by atoms with Gasteiger partial charge < -0.3 is 34.0 Å². The highest BCUT2D eigenvalue weighted by molar-refractivity contribution is 6.69. The van der Waals surface area contributed by atoms with Crippen LogP contribution in [0.5, 0.6) is 11.5 Å². The fraction of sp³-hybridized carbons (Fsp3) is 0.286. The maximum atomic E-state index is 13.0.